The van der Waals surface area contributed by atoms with E-state index in [1.807, 2.05) is 11.0 Å². The Labute approximate surface area is 148 Å². The standard InChI is InChI=1S/C19H26N4O2/c24-17(22-10-2-1-3-11-22)15-5-9-20-16(13-15)23-12-7-19(14-23)6-4-8-21-18(19)25/h5,9,13H,1-4,6-8,10-12,14H2,(H,21,25). The molecule has 1 atom stereocenters. The topological polar surface area (TPSA) is 65.5 Å². The molecule has 1 aromatic rings. The Bertz CT molecular complexity index is 671. The van der Waals surface area contributed by atoms with Crippen molar-refractivity contribution < 1.29 is 9.59 Å². The van der Waals surface area contributed by atoms with E-state index in [-0.39, 0.29) is 17.2 Å². The Hall–Kier alpha value is -2.11. The molecule has 1 N–H and O–H groups in total. The van der Waals surface area contributed by atoms with Gasteiger partial charge in [0.1, 0.15) is 5.82 Å². The lowest BCUT2D eigenvalue weighted by molar-refractivity contribution is -0.132. The zero-order valence-electron chi connectivity index (χ0n) is 14.7. The highest BCUT2D eigenvalue weighted by molar-refractivity contribution is 5.95. The summed E-state index contributed by atoms with van der Waals surface area (Å²) >= 11 is 0. The van der Waals surface area contributed by atoms with E-state index in [0.717, 1.165) is 64.1 Å². The van der Waals surface area contributed by atoms with E-state index in [9.17, 15) is 9.59 Å². The summed E-state index contributed by atoms with van der Waals surface area (Å²) in [4.78, 5) is 33.7. The summed E-state index contributed by atoms with van der Waals surface area (Å²) < 4.78 is 0. The average molecular weight is 342 g/mol. The zero-order chi connectivity index (χ0) is 17.3. The first-order valence-corrected chi connectivity index (χ1v) is 9.47. The molecule has 134 valence electrons. The van der Waals surface area contributed by atoms with E-state index in [4.69, 9.17) is 0 Å². The fraction of sp³-hybridized carbons (Fsp3) is 0.632. The summed E-state index contributed by atoms with van der Waals surface area (Å²) in [5.41, 5.74) is 0.438. The second kappa shape index (κ2) is 6.65. The maximum Gasteiger partial charge on any atom is 0.254 e. The molecule has 0 saturated carbocycles. The van der Waals surface area contributed by atoms with Gasteiger partial charge in [0, 0.05) is 44.5 Å². The summed E-state index contributed by atoms with van der Waals surface area (Å²) in [5.74, 6) is 1.10. The van der Waals surface area contributed by atoms with Gasteiger partial charge in [0.15, 0.2) is 0 Å². The zero-order valence-corrected chi connectivity index (χ0v) is 14.7. The van der Waals surface area contributed by atoms with Crippen molar-refractivity contribution in [3.63, 3.8) is 0 Å². The van der Waals surface area contributed by atoms with Crippen LogP contribution in [-0.4, -0.2) is 54.4 Å². The molecule has 25 heavy (non-hydrogen) atoms. The highest BCUT2D eigenvalue weighted by Gasteiger charge is 2.46. The lowest BCUT2D eigenvalue weighted by atomic mass is 9.79. The Morgan fingerprint density at radius 2 is 1.96 bits per heavy atom. The third-order valence-electron chi connectivity index (χ3n) is 5.91. The number of pyridine rings is 1. The van der Waals surface area contributed by atoms with Crippen molar-refractivity contribution in [1.82, 2.24) is 15.2 Å². The van der Waals surface area contributed by atoms with Crippen LogP contribution in [0.15, 0.2) is 18.3 Å². The van der Waals surface area contributed by atoms with E-state index in [2.05, 4.69) is 15.2 Å². The highest BCUT2D eigenvalue weighted by Crippen LogP contribution is 2.38. The van der Waals surface area contributed by atoms with Crippen LogP contribution in [0.3, 0.4) is 0 Å². The first-order valence-electron chi connectivity index (χ1n) is 9.47. The molecule has 1 unspecified atom stereocenters. The van der Waals surface area contributed by atoms with Crippen LogP contribution in [0.5, 0.6) is 0 Å². The normalized spacial score (nSPS) is 26.8. The largest absolute Gasteiger partial charge is 0.356 e. The molecule has 0 radical (unpaired) electrons. The molecule has 2 amide bonds. The number of anilines is 1. The monoisotopic (exact) mass is 342 g/mol. The molecule has 1 aromatic heterocycles. The van der Waals surface area contributed by atoms with Gasteiger partial charge in [-0.25, -0.2) is 4.98 Å². The van der Waals surface area contributed by atoms with Gasteiger partial charge in [-0.3, -0.25) is 9.59 Å². The number of rotatable bonds is 2. The van der Waals surface area contributed by atoms with Crippen LogP contribution in [0, 0.1) is 5.41 Å². The van der Waals surface area contributed by atoms with Gasteiger partial charge in [0.25, 0.3) is 5.91 Å². The number of hydrogen-bond acceptors (Lipinski definition) is 4. The van der Waals surface area contributed by atoms with Crippen LogP contribution in [0.1, 0.15) is 48.9 Å². The van der Waals surface area contributed by atoms with Gasteiger partial charge >= 0.3 is 0 Å². The van der Waals surface area contributed by atoms with Gasteiger partial charge < -0.3 is 15.1 Å². The molecular formula is C19H26N4O2. The predicted octanol–water partition coefficient (Wildman–Crippen LogP) is 1.81. The molecule has 3 fully saturated rings. The average Bonchev–Trinajstić information content (AvgIpc) is 3.10. The van der Waals surface area contributed by atoms with Crippen LogP contribution < -0.4 is 10.2 Å². The number of piperidine rings is 2. The smallest absolute Gasteiger partial charge is 0.254 e. The maximum atomic E-state index is 12.7. The van der Waals surface area contributed by atoms with Gasteiger partial charge in [0.05, 0.1) is 5.41 Å². The minimum Gasteiger partial charge on any atom is -0.356 e. The lowest BCUT2D eigenvalue weighted by Gasteiger charge is -2.32. The summed E-state index contributed by atoms with van der Waals surface area (Å²) in [6, 6.07) is 3.70. The second-order valence-electron chi connectivity index (χ2n) is 7.57. The Morgan fingerprint density at radius 3 is 2.76 bits per heavy atom. The van der Waals surface area contributed by atoms with Gasteiger partial charge in [-0.1, -0.05) is 0 Å². The number of carbonyl (C=O) groups is 2. The number of hydrogen-bond donors (Lipinski definition) is 1. The Morgan fingerprint density at radius 1 is 1.12 bits per heavy atom. The number of likely N-dealkylation sites (tertiary alicyclic amines) is 1. The van der Waals surface area contributed by atoms with Gasteiger partial charge in [-0.15, -0.1) is 0 Å². The third-order valence-corrected chi connectivity index (χ3v) is 5.91. The fourth-order valence-electron chi connectivity index (χ4n) is 4.39. The van der Waals surface area contributed by atoms with Crippen LogP contribution in [0.2, 0.25) is 0 Å². The quantitative estimate of drug-likeness (QED) is 0.890. The molecular weight excluding hydrogens is 316 g/mol. The number of carbonyl (C=O) groups excluding carboxylic acids is 2. The molecule has 4 heterocycles. The molecule has 6 heteroatoms. The number of nitrogens with zero attached hydrogens (tertiary/aromatic N) is 3. The minimum absolute atomic E-state index is 0.104. The Balaban J connectivity index is 1.50. The molecule has 4 rings (SSSR count). The van der Waals surface area contributed by atoms with Crippen LogP contribution in [0.25, 0.3) is 0 Å². The van der Waals surface area contributed by atoms with E-state index >= 15 is 0 Å². The van der Waals surface area contributed by atoms with Gasteiger partial charge in [0.2, 0.25) is 5.91 Å². The van der Waals surface area contributed by atoms with E-state index in [0.29, 0.717) is 12.1 Å². The first-order chi connectivity index (χ1) is 12.2. The van der Waals surface area contributed by atoms with Crippen molar-refractivity contribution in [3.8, 4) is 0 Å². The van der Waals surface area contributed by atoms with Crippen molar-refractivity contribution in [2.24, 2.45) is 5.41 Å². The predicted molar refractivity (Wildman–Crippen MR) is 95.5 cm³/mol. The van der Waals surface area contributed by atoms with E-state index in [1.165, 1.54) is 6.42 Å². The van der Waals surface area contributed by atoms with Crippen LogP contribution >= 0.6 is 0 Å². The van der Waals surface area contributed by atoms with Crippen LogP contribution in [0.4, 0.5) is 5.82 Å². The van der Waals surface area contributed by atoms with E-state index < -0.39 is 0 Å². The van der Waals surface area contributed by atoms with Crippen molar-refractivity contribution in [2.75, 3.05) is 37.6 Å². The summed E-state index contributed by atoms with van der Waals surface area (Å²) in [6.07, 6.45) is 7.97. The van der Waals surface area contributed by atoms with Gasteiger partial charge in [-0.05, 0) is 50.7 Å². The fourth-order valence-corrected chi connectivity index (χ4v) is 4.39. The number of amides is 2. The molecule has 1 spiro atoms. The molecule has 3 aliphatic heterocycles. The Kier molecular flexibility index (Phi) is 4.36. The molecule has 0 aliphatic carbocycles. The number of nitrogens with one attached hydrogen (secondary N) is 1. The SMILES string of the molecule is O=C(c1ccnc(N2CCC3(CCCNC3=O)C2)c1)N1CCCCC1. The van der Waals surface area contributed by atoms with Crippen molar-refractivity contribution in [2.45, 2.75) is 38.5 Å². The summed E-state index contributed by atoms with van der Waals surface area (Å²) in [5, 5.41) is 3.01. The summed E-state index contributed by atoms with van der Waals surface area (Å²) in [7, 11) is 0. The molecule has 0 aromatic carbocycles. The van der Waals surface area contributed by atoms with Crippen LogP contribution in [-0.2, 0) is 4.79 Å². The van der Waals surface area contributed by atoms with Crippen molar-refractivity contribution >= 4 is 17.6 Å². The minimum atomic E-state index is -0.271. The van der Waals surface area contributed by atoms with Gasteiger partial charge in [-0.2, -0.15) is 0 Å². The lowest BCUT2D eigenvalue weighted by Crippen LogP contribution is -2.47. The van der Waals surface area contributed by atoms with Crippen molar-refractivity contribution in [1.29, 1.82) is 0 Å². The molecule has 0 bridgehead atoms. The maximum absolute atomic E-state index is 12.7. The first kappa shape index (κ1) is 16.4. The van der Waals surface area contributed by atoms with Crippen molar-refractivity contribution in [3.05, 3.63) is 23.9 Å². The van der Waals surface area contributed by atoms with E-state index in [1.54, 1.807) is 12.3 Å². The highest BCUT2D eigenvalue weighted by atomic mass is 16.2. The number of aromatic nitrogens is 1. The molecule has 3 aliphatic rings. The molecule has 3 saturated heterocycles. The molecule has 6 nitrogen and oxygen atoms in total. The summed E-state index contributed by atoms with van der Waals surface area (Å²) in [6.45, 7) is 4.01. The second-order valence-corrected chi connectivity index (χ2v) is 7.57. The third kappa shape index (κ3) is 3.10.